The van der Waals surface area contributed by atoms with Gasteiger partial charge in [-0.05, 0) is 73.9 Å². The summed E-state index contributed by atoms with van der Waals surface area (Å²) in [6.45, 7) is 1.21. The molecule has 40 heavy (non-hydrogen) atoms. The molecule has 0 aliphatic carbocycles. The van der Waals surface area contributed by atoms with Crippen LogP contribution >= 0.6 is 0 Å². The highest BCUT2D eigenvalue weighted by molar-refractivity contribution is 7.93. The van der Waals surface area contributed by atoms with Gasteiger partial charge in [-0.2, -0.15) is 0 Å². The number of ether oxygens (including phenoxy) is 3. The fourth-order valence-corrected chi connectivity index (χ4v) is 6.45. The Balaban J connectivity index is 1.54. The van der Waals surface area contributed by atoms with Gasteiger partial charge in [-0.1, -0.05) is 0 Å². The molecule has 0 saturated carbocycles. The molecule has 1 aliphatic rings. The summed E-state index contributed by atoms with van der Waals surface area (Å²) in [7, 11) is -3.86. The quantitative estimate of drug-likeness (QED) is 0.362. The van der Waals surface area contributed by atoms with E-state index in [0.717, 1.165) is 19.3 Å². The van der Waals surface area contributed by atoms with Crippen molar-refractivity contribution in [1.82, 2.24) is 4.90 Å². The van der Waals surface area contributed by atoms with E-state index in [2.05, 4.69) is 9.44 Å². The van der Waals surface area contributed by atoms with E-state index < -0.39 is 20.0 Å². The lowest BCUT2D eigenvalue weighted by molar-refractivity contribution is 0.0720. The molecule has 1 aliphatic heterocycles. The highest BCUT2D eigenvalue weighted by Crippen LogP contribution is 2.31. The van der Waals surface area contributed by atoms with Gasteiger partial charge in [0, 0.05) is 24.8 Å². The molecule has 3 aromatic rings. The molecule has 2 N–H and O–H groups in total. The lowest BCUT2D eigenvalue weighted by Gasteiger charge is -2.27. The lowest BCUT2D eigenvalue weighted by Crippen LogP contribution is -2.35. The first-order chi connectivity index (χ1) is 19.1. The molecular formula is C27H31N3O8S2. The fourth-order valence-electron chi connectivity index (χ4n) is 4.30. The normalized spacial score (nSPS) is 13.8. The van der Waals surface area contributed by atoms with Crippen LogP contribution in [0.25, 0.3) is 0 Å². The first-order valence-corrected chi connectivity index (χ1v) is 15.4. The van der Waals surface area contributed by atoms with Crippen LogP contribution in [0, 0.1) is 0 Å². The Morgan fingerprint density at radius 3 is 1.93 bits per heavy atom. The Bertz CT molecular complexity index is 1580. The molecule has 4 rings (SSSR count). The van der Waals surface area contributed by atoms with Gasteiger partial charge in [0.25, 0.3) is 26.0 Å². The number of hydrogen-bond donors (Lipinski definition) is 2. The van der Waals surface area contributed by atoms with E-state index in [1.54, 1.807) is 17.0 Å². The third kappa shape index (κ3) is 6.42. The average Bonchev–Trinajstić information content (AvgIpc) is 2.96. The second kappa shape index (κ2) is 12.0. The first-order valence-electron chi connectivity index (χ1n) is 12.4. The Kier molecular flexibility index (Phi) is 8.74. The molecule has 1 saturated heterocycles. The smallest absolute Gasteiger partial charge is 0.262 e. The number of nitrogens with one attached hydrogen (secondary N) is 2. The molecule has 0 unspecified atom stereocenters. The summed E-state index contributed by atoms with van der Waals surface area (Å²) in [5, 5.41) is 0. The number of hydrogen-bond acceptors (Lipinski definition) is 8. The van der Waals surface area contributed by atoms with Crippen LogP contribution in [0.4, 0.5) is 11.4 Å². The standard InChI is InChI=1S/C27H31N3O8S2/c1-36-20-9-13-26(38-3)24(17-20)29-39(32,33)21-10-7-19(8-11-21)28-40(34,35)22-12-14-25(37-2)23(18-22)27(31)30-15-5-4-6-16-30/h7-14,17-18,28-29H,4-6,15-16H2,1-3H3. The van der Waals surface area contributed by atoms with E-state index >= 15 is 0 Å². The van der Waals surface area contributed by atoms with E-state index in [4.69, 9.17) is 14.2 Å². The first kappa shape index (κ1) is 29.0. The van der Waals surface area contributed by atoms with Crippen LogP contribution in [0.5, 0.6) is 17.2 Å². The monoisotopic (exact) mass is 589 g/mol. The Hall–Kier alpha value is -3.97. The van der Waals surface area contributed by atoms with Crippen molar-refractivity contribution in [2.75, 3.05) is 43.9 Å². The number of carbonyl (C=O) groups is 1. The van der Waals surface area contributed by atoms with Crippen molar-refractivity contribution < 1.29 is 35.8 Å². The van der Waals surface area contributed by atoms with Gasteiger partial charge in [-0.15, -0.1) is 0 Å². The molecule has 214 valence electrons. The largest absolute Gasteiger partial charge is 0.497 e. The summed E-state index contributed by atoms with van der Waals surface area (Å²) in [5.41, 5.74) is 0.478. The topological polar surface area (TPSA) is 140 Å². The molecule has 1 heterocycles. The van der Waals surface area contributed by atoms with Crippen molar-refractivity contribution in [2.45, 2.75) is 29.1 Å². The van der Waals surface area contributed by atoms with Crippen molar-refractivity contribution in [2.24, 2.45) is 0 Å². The Morgan fingerprint density at radius 1 is 0.700 bits per heavy atom. The maximum atomic E-state index is 13.2. The number of anilines is 2. The van der Waals surface area contributed by atoms with Gasteiger partial charge >= 0.3 is 0 Å². The minimum atomic E-state index is -4.11. The van der Waals surface area contributed by atoms with Crippen molar-refractivity contribution in [3.05, 3.63) is 66.2 Å². The highest BCUT2D eigenvalue weighted by atomic mass is 32.2. The Morgan fingerprint density at radius 2 is 1.30 bits per heavy atom. The van der Waals surface area contributed by atoms with Gasteiger partial charge in [0.05, 0.1) is 42.4 Å². The van der Waals surface area contributed by atoms with Gasteiger partial charge in [0.15, 0.2) is 0 Å². The van der Waals surface area contributed by atoms with Crippen LogP contribution in [0.1, 0.15) is 29.6 Å². The van der Waals surface area contributed by atoms with Gasteiger partial charge in [0.1, 0.15) is 17.2 Å². The predicted molar refractivity (Wildman–Crippen MR) is 150 cm³/mol. The van der Waals surface area contributed by atoms with Crippen molar-refractivity contribution in [3.8, 4) is 17.2 Å². The predicted octanol–water partition coefficient (Wildman–Crippen LogP) is 3.94. The fraction of sp³-hybridized carbons (Fsp3) is 0.296. The number of likely N-dealkylation sites (tertiary alicyclic amines) is 1. The molecule has 1 fully saturated rings. The summed E-state index contributed by atoms with van der Waals surface area (Å²) < 4.78 is 72.9. The van der Waals surface area contributed by atoms with Gasteiger partial charge in [-0.25, -0.2) is 16.8 Å². The molecule has 0 spiro atoms. The van der Waals surface area contributed by atoms with Gasteiger partial charge < -0.3 is 19.1 Å². The number of amides is 1. The SMILES string of the molecule is COc1ccc(OC)c(NS(=O)(=O)c2ccc(NS(=O)(=O)c3ccc(OC)c(C(=O)N4CCCCC4)c3)cc2)c1. The minimum Gasteiger partial charge on any atom is -0.497 e. The van der Waals surface area contributed by atoms with Crippen LogP contribution in [0.15, 0.2) is 70.5 Å². The number of rotatable bonds is 10. The zero-order chi connectivity index (χ0) is 28.9. The van der Waals surface area contributed by atoms with E-state index in [1.807, 2.05) is 0 Å². The van der Waals surface area contributed by atoms with Crippen LogP contribution < -0.4 is 23.7 Å². The third-order valence-corrected chi connectivity index (χ3v) is 9.18. The molecule has 0 aromatic heterocycles. The molecule has 1 amide bonds. The summed E-state index contributed by atoms with van der Waals surface area (Å²) in [4.78, 5) is 14.6. The third-order valence-electron chi connectivity index (χ3n) is 6.42. The van der Waals surface area contributed by atoms with Crippen molar-refractivity contribution in [1.29, 1.82) is 0 Å². The van der Waals surface area contributed by atoms with Crippen molar-refractivity contribution >= 4 is 37.3 Å². The van der Waals surface area contributed by atoms with E-state index in [9.17, 15) is 21.6 Å². The van der Waals surface area contributed by atoms with Crippen LogP contribution in [-0.2, 0) is 20.0 Å². The number of nitrogens with zero attached hydrogens (tertiary/aromatic N) is 1. The van der Waals surface area contributed by atoms with E-state index in [1.165, 1.54) is 69.9 Å². The second-order valence-electron chi connectivity index (χ2n) is 9.02. The van der Waals surface area contributed by atoms with E-state index in [0.29, 0.717) is 24.6 Å². The number of benzene rings is 3. The second-order valence-corrected chi connectivity index (χ2v) is 12.4. The summed E-state index contributed by atoms with van der Waals surface area (Å²) in [6.07, 6.45) is 2.83. The zero-order valence-electron chi connectivity index (χ0n) is 22.3. The van der Waals surface area contributed by atoms with Crippen LogP contribution in [-0.4, -0.2) is 62.1 Å². The maximum Gasteiger partial charge on any atom is 0.262 e. The summed E-state index contributed by atoms with van der Waals surface area (Å²) in [5.74, 6) is 0.724. The van der Waals surface area contributed by atoms with Crippen LogP contribution in [0.3, 0.4) is 0 Å². The molecule has 0 radical (unpaired) electrons. The Labute approximate surface area is 234 Å². The molecule has 0 atom stereocenters. The number of carbonyl (C=O) groups excluding carboxylic acids is 1. The molecule has 0 bridgehead atoms. The average molecular weight is 590 g/mol. The van der Waals surface area contributed by atoms with Crippen molar-refractivity contribution in [3.63, 3.8) is 0 Å². The zero-order valence-corrected chi connectivity index (χ0v) is 24.0. The summed E-state index contributed by atoms with van der Waals surface area (Å²) in [6, 6.07) is 14.0. The van der Waals surface area contributed by atoms with E-state index in [-0.39, 0.29) is 38.4 Å². The number of methoxy groups -OCH3 is 3. The van der Waals surface area contributed by atoms with Gasteiger partial charge in [-0.3, -0.25) is 14.2 Å². The lowest BCUT2D eigenvalue weighted by atomic mass is 10.1. The summed E-state index contributed by atoms with van der Waals surface area (Å²) >= 11 is 0. The maximum absolute atomic E-state index is 13.2. The molecule has 11 nitrogen and oxygen atoms in total. The number of sulfonamides is 2. The molecule has 3 aromatic carbocycles. The minimum absolute atomic E-state index is 0.0980. The highest BCUT2D eigenvalue weighted by Gasteiger charge is 2.25. The molecular weight excluding hydrogens is 558 g/mol. The van der Waals surface area contributed by atoms with Gasteiger partial charge in [0.2, 0.25) is 0 Å². The van der Waals surface area contributed by atoms with Crippen LogP contribution in [0.2, 0.25) is 0 Å². The molecule has 13 heteroatoms. The number of piperidine rings is 1.